The predicted molar refractivity (Wildman–Crippen MR) is 59.5 cm³/mol. The van der Waals surface area contributed by atoms with Gasteiger partial charge in [-0.2, -0.15) is 0 Å². The zero-order chi connectivity index (χ0) is 9.97. The normalized spacial score (nSPS) is 17.0. The molecule has 0 aromatic carbocycles. The molecule has 1 aliphatic rings. The molecule has 0 saturated carbocycles. The number of thiophene rings is 1. The smallest absolute Gasteiger partial charge is 0.0692 e. The average molecular weight is 211 g/mol. The Labute approximate surface area is 89.2 Å². The summed E-state index contributed by atoms with van der Waals surface area (Å²) in [6.45, 7) is 5.88. The molecule has 1 aliphatic heterocycles. The second kappa shape index (κ2) is 4.43. The van der Waals surface area contributed by atoms with E-state index in [0.717, 1.165) is 25.1 Å². The van der Waals surface area contributed by atoms with Crippen molar-refractivity contribution in [1.29, 1.82) is 0 Å². The van der Waals surface area contributed by atoms with Crippen LogP contribution in [0.15, 0.2) is 5.38 Å². The maximum Gasteiger partial charge on any atom is 0.0692 e. The van der Waals surface area contributed by atoms with Gasteiger partial charge in [-0.3, -0.25) is 4.90 Å². The lowest BCUT2D eigenvalue weighted by atomic mass is 10.0. The maximum absolute atomic E-state index is 9.14. The van der Waals surface area contributed by atoms with Gasteiger partial charge < -0.3 is 5.11 Å². The van der Waals surface area contributed by atoms with Gasteiger partial charge in [0.1, 0.15) is 0 Å². The Morgan fingerprint density at radius 3 is 3.14 bits per heavy atom. The van der Waals surface area contributed by atoms with Crippen LogP contribution in [0.25, 0.3) is 0 Å². The van der Waals surface area contributed by atoms with Crippen molar-refractivity contribution < 1.29 is 5.11 Å². The molecular weight excluding hydrogens is 194 g/mol. The van der Waals surface area contributed by atoms with Crippen molar-refractivity contribution in [1.82, 2.24) is 4.90 Å². The van der Waals surface area contributed by atoms with Gasteiger partial charge in [0.2, 0.25) is 0 Å². The summed E-state index contributed by atoms with van der Waals surface area (Å²) in [4.78, 5) is 3.97. The second-order valence-corrected chi connectivity index (χ2v) is 4.81. The van der Waals surface area contributed by atoms with E-state index in [1.54, 1.807) is 11.3 Å². The second-order valence-electron chi connectivity index (χ2n) is 3.85. The summed E-state index contributed by atoms with van der Waals surface area (Å²) in [6, 6.07) is 0. The standard InChI is InChI=1S/C11H17NOS/c1-2-4-12-5-3-10-9(7-13)8-14-11(10)6-12/h8,13H,2-7H2,1H3. The highest BCUT2D eigenvalue weighted by molar-refractivity contribution is 7.10. The van der Waals surface area contributed by atoms with Crippen molar-refractivity contribution in [3.8, 4) is 0 Å². The Morgan fingerprint density at radius 1 is 1.57 bits per heavy atom. The van der Waals surface area contributed by atoms with Crippen LogP contribution >= 0.6 is 11.3 Å². The van der Waals surface area contributed by atoms with E-state index in [1.807, 2.05) is 0 Å². The molecule has 0 unspecified atom stereocenters. The minimum atomic E-state index is 0.208. The van der Waals surface area contributed by atoms with Crippen molar-refractivity contribution in [2.75, 3.05) is 13.1 Å². The Bertz CT molecular complexity index is 308. The molecule has 1 aromatic heterocycles. The van der Waals surface area contributed by atoms with Crippen molar-refractivity contribution in [2.45, 2.75) is 32.9 Å². The van der Waals surface area contributed by atoms with Gasteiger partial charge in [0.15, 0.2) is 0 Å². The molecule has 0 saturated heterocycles. The molecule has 0 bridgehead atoms. The molecule has 78 valence electrons. The lowest BCUT2D eigenvalue weighted by Gasteiger charge is -2.26. The molecule has 0 atom stereocenters. The summed E-state index contributed by atoms with van der Waals surface area (Å²) in [7, 11) is 0. The molecule has 0 aliphatic carbocycles. The first-order valence-electron chi connectivity index (χ1n) is 5.26. The highest BCUT2D eigenvalue weighted by Crippen LogP contribution is 2.28. The number of rotatable bonds is 3. The Kier molecular flexibility index (Phi) is 3.21. The van der Waals surface area contributed by atoms with Gasteiger partial charge in [0.05, 0.1) is 6.61 Å². The molecule has 2 heterocycles. The van der Waals surface area contributed by atoms with E-state index in [9.17, 15) is 0 Å². The summed E-state index contributed by atoms with van der Waals surface area (Å²) >= 11 is 1.80. The third kappa shape index (κ3) is 1.85. The van der Waals surface area contributed by atoms with Crippen molar-refractivity contribution in [2.24, 2.45) is 0 Å². The highest BCUT2D eigenvalue weighted by Gasteiger charge is 2.19. The third-order valence-electron chi connectivity index (χ3n) is 2.82. The number of nitrogens with zero attached hydrogens (tertiary/aromatic N) is 1. The van der Waals surface area contributed by atoms with E-state index >= 15 is 0 Å². The van der Waals surface area contributed by atoms with Crippen LogP contribution < -0.4 is 0 Å². The molecule has 2 rings (SSSR count). The van der Waals surface area contributed by atoms with E-state index in [-0.39, 0.29) is 6.61 Å². The number of hydrogen-bond acceptors (Lipinski definition) is 3. The van der Waals surface area contributed by atoms with Crippen LogP contribution in [0.5, 0.6) is 0 Å². The maximum atomic E-state index is 9.14. The van der Waals surface area contributed by atoms with E-state index < -0.39 is 0 Å². The van der Waals surface area contributed by atoms with E-state index in [1.165, 1.54) is 23.4 Å². The number of aliphatic hydroxyl groups is 1. The fourth-order valence-corrected chi connectivity index (χ4v) is 3.22. The largest absolute Gasteiger partial charge is 0.392 e. The van der Waals surface area contributed by atoms with Crippen molar-refractivity contribution in [3.05, 3.63) is 21.4 Å². The molecule has 0 amide bonds. The third-order valence-corrected chi connectivity index (χ3v) is 3.89. The molecule has 1 N–H and O–H groups in total. The van der Waals surface area contributed by atoms with Crippen LogP contribution in [-0.4, -0.2) is 23.1 Å². The van der Waals surface area contributed by atoms with Crippen LogP contribution in [0.3, 0.4) is 0 Å². The SMILES string of the molecule is CCCN1CCc2c(CO)csc2C1. The molecule has 0 spiro atoms. The van der Waals surface area contributed by atoms with Gasteiger partial charge in [-0.1, -0.05) is 6.92 Å². The van der Waals surface area contributed by atoms with E-state index in [2.05, 4.69) is 17.2 Å². The Balaban J connectivity index is 2.12. The molecule has 2 nitrogen and oxygen atoms in total. The zero-order valence-electron chi connectivity index (χ0n) is 8.62. The summed E-state index contributed by atoms with van der Waals surface area (Å²) in [6.07, 6.45) is 2.35. The summed E-state index contributed by atoms with van der Waals surface area (Å²) in [5.74, 6) is 0. The average Bonchev–Trinajstić information content (AvgIpc) is 2.60. The highest BCUT2D eigenvalue weighted by atomic mass is 32.1. The quantitative estimate of drug-likeness (QED) is 0.826. The topological polar surface area (TPSA) is 23.5 Å². The minimum absolute atomic E-state index is 0.208. The van der Waals surface area contributed by atoms with Gasteiger partial charge >= 0.3 is 0 Å². The van der Waals surface area contributed by atoms with Crippen LogP contribution in [0.4, 0.5) is 0 Å². The van der Waals surface area contributed by atoms with Gasteiger partial charge in [0, 0.05) is 18.0 Å². The van der Waals surface area contributed by atoms with Crippen molar-refractivity contribution >= 4 is 11.3 Å². The molecular formula is C11H17NOS. The van der Waals surface area contributed by atoms with Crippen LogP contribution in [0.1, 0.15) is 29.3 Å². The first kappa shape index (κ1) is 10.1. The van der Waals surface area contributed by atoms with E-state index in [4.69, 9.17) is 5.11 Å². The van der Waals surface area contributed by atoms with Gasteiger partial charge in [-0.25, -0.2) is 0 Å². The monoisotopic (exact) mass is 211 g/mol. The fourth-order valence-electron chi connectivity index (χ4n) is 2.09. The first-order chi connectivity index (χ1) is 6.85. The van der Waals surface area contributed by atoms with E-state index in [0.29, 0.717) is 0 Å². The molecule has 0 fully saturated rings. The van der Waals surface area contributed by atoms with Crippen LogP contribution in [0.2, 0.25) is 0 Å². The lowest BCUT2D eigenvalue weighted by Crippen LogP contribution is -2.30. The number of aliphatic hydroxyl groups excluding tert-OH is 1. The Hall–Kier alpha value is -0.380. The number of hydrogen-bond donors (Lipinski definition) is 1. The van der Waals surface area contributed by atoms with Gasteiger partial charge in [0.25, 0.3) is 0 Å². The van der Waals surface area contributed by atoms with Crippen LogP contribution in [-0.2, 0) is 19.6 Å². The summed E-state index contributed by atoms with van der Waals surface area (Å²) in [5.41, 5.74) is 2.58. The van der Waals surface area contributed by atoms with Crippen LogP contribution in [0, 0.1) is 0 Å². The lowest BCUT2D eigenvalue weighted by molar-refractivity contribution is 0.252. The summed E-state index contributed by atoms with van der Waals surface area (Å²) < 4.78 is 0. The molecule has 0 radical (unpaired) electrons. The fraction of sp³-hybridized carbons (Fsp3) is 0.636. The van der Waals surface area contributed by atoms with Gasteiger partial charge in [-0.05, 0) is 35.9 Å². The molecule has 1 aromatic rings. The number of fused-ring (bicyclic) bond motifs is 1. The molecule has 14 heavy (non-hydrogen) atoms. The molecule has 3 heteroatoms. The predicted octanol–water partition coefficient (Wildman–Crippen LogP) is 2.01. The van der Waals surface area contributed by atoms with Crippen molar-refractivity contribution in [3.63, 3.8) is 0 Å². The summed E-state index contributed by atoms with van der Waals surface area (Å²) in [5, 5.41) is 11.3. The zero-order valence-corrected chi connectivity index (χ0v) is 9.44. The first-order valence-corrected chi connectivity index (χ1v) is 6.14. The minimum Gasteiger partial charge on any atom is -0.392 e. The van der Waals surface area contributed by atoms with Gasteiger partial charge in [-0.15, -0.1) is 11.3 Å². The Morgan fingerprint density at radius 2 is 2.43 bits per heavy atom.